The van der Waals surface area contributed by atoms with Crippen molar-refractivity contribution < 1.29 is 9.59 Å². The molecule has 0 bridgehead atoms. The Kier molecular flexibility index (Phi) is 2.16. The molecule has 1 saturated carbocycles. The Bertz CT molecular complexity index is 611. The third-order valence-electron chi connectivity index (χ3n) is 5.09. The number of rotatable bonds is 1. The van der Waals surface area contributed by atoms with Crippen molar-refractivity contribution in [2.24, 2.45) is 17.3 Å². The minimum atomic E-state index is -0.138. The lowest BCUT2D eigenvalue weighted by Gasteiger charge is -2.24. The van der Waals surface area contributed by atoms with Crippen LogP contribution in [0.15, 0.2) is 18.2 Å². The first kappa shape index (κ1) is 11.9. The van der Waals surface area contributed by atoms with Gasteiger partial charge in [-0.2, -0.15) is 0 Å². The van der Waals surface area contributed by atoms with Crippen LogP contribution >= 0.6 is 0 Å². The topological polar surface area (TPSA) is 49.4 Å². The van der Waals surface area contributed by atoms with Gasteiger partial charge in [-0.1, -0.05) is 13.8 Å². The molecule has 0 spiro atoms. The second kappa shape index (κ2) is 3.62. The fourth-order valence-corrected chi connectivity index (χ4v) is 3.80. The van der Waals surface area contributed by atoms with Gasteiger partial charge in [-0.25, -0.2) is 0 Å². The molecule has 2 atom stereocenters. The minimum Gasteiger partial charge on any atom is -0.385 e. The third kappa shape index (κ3) is 1.37. The summed E-state index contributed by atoms with van der Waals surface area (Å²) in [5.41, 5.74) is 2.93. The minimum absolute atomic E-state index is 0.0197. The molecule has 0 radical (unpaired) electrons. The molecule has 104 valence electrons. The van der Waals surface area contributed by atoms with Crippen LogP contribution in [0.1, 0.15) is 25.8 Å². The number of fused-ring (bicyclic) bond motifs is 2. The molecule has 2 amide bonds. The van der Waals surface area contributed by atoms with Gasteiger partial charge in [0.1, 0.15) is 0 Å². The van der Waals surface area contributed by atoms with Gasteiger partial charge in [0, 0.05) is 12.2 Å². The van der Waals surface area contributed by atoms with E-state index in [4.69, 9.17) is 0 Å². The number of carbonyl (C=O) groups excluding carboxylic acids is 2. The molecule has 2 aliphatic heterocycles. The fraction of sp³-hybridized carbons (Fsp3) is 0.500. The molecule has 4 nitrogen and oxygen atoms in total. The van der Waals surface area contributed by atoms with E-state index >= 15 is 0 Å². The van der Waals surface area contributed by atoms with E-state index in [1.807, 2.05) is 32.0 Å². The molecule has 0 aromatic heterocycles. The molecule has 2 fully saturated rings. The third-order valence-corrected chi connectivity index (χ3v) is 5.09. The predicted molar refractivity (Wildman–Crippen MR) is 76.5 cm³/mol. The zero-order chi connectivity index (χ0) is 14.1. The van der Waals surface area contributed by atoms with Crippen molar-refractivity contribution in [3.05, 3.63) is 23.8 Å². The van der Waals surface area contributed by atoms with Crippen LogP contribution < -0.4 is 10.2 Å². The lowest BCUT2D eigenvalue weighted by Crippen LogP contribution is -2.36. The largest absolute Gasteiger partial charge is 0.385 e. The summed E-state index contributed by atoms with van der Waals surface area (Å²) in [7, 11) is 0. The molecule has 4 rings (SSSR count). The van der Waals surface area contributed by atoms with E-state index in [0.717, 1.165) is 30.8 Å². The van der Waals surface area contributed by atoms with E-state index < -0.39 is 0 Å². The van der Waals surface area contributed by atoms with Crippen molar-refractivity contribution in [3.8, 4) is 0 Å². The monoisotopic (exact) mass is 270 g/mol. The molecule has 1 N–H and O–H groups in total. The summed E-state index contributed by atoms with van der Waals surface area (Å²) in [6, 6.07) is 5.86. The van der Waals surface area contributed by atoms with Crippen LogP contribution in [0.2, 0.25) is 0 Å². The Morgan fingerprint density at radius 1 is 1.20 bits per heavy atom. The van der Waals surface area contributed by atoms with Gasteiger partial charge in [-0.05, 0) is 42.0 Å². The summed E-state index contributed by atoms with van der Waals surface area (Å²) in [6.07, 6.45) is 2.10. The number of benzene rings is 1. The second-order valence-electron chi connectivity index (χ2n) is 6.66. The first-order valence-corrected chi connectivity index (χ1v) is 7.26. The van der Waals surface area contributed by atoms with E-state index in [1.165, 1.54) is 10.5 Å². The smallest absolute Gasteiger partial charge is 0.238 e. The average Bonchev–Trinajstić information content (AvgIpc) is 2.88. The summed E-state index contributed by atoms with van der Waals surface area (Å²) >= 11 is 0. The summed E-state index contributed by atoms with van der Waals surface area (Å²) in [6.45, 7) is 5.00. The van der Waals surface area contributed by atoms with Gasteiger partial charge in [-0.15, -0.1) is 0 Å². The van der Waals surface area contributed by atoms with Crippen molar-refractivity contribution in [2.75, 3.05) is 16.8 Å². The molecule has 2 heterocycles. The van der Waals surface area contributed by atoms with Crippen LogP contribution in [0.5, 0.6) is 0 Å². The predicted octanol–water partition coefficient (Wildman–Crippen LogP) is 2.19. The van der Waals surface area contributed by atoms with E-state index in [9.17, 15) is 9.59 Å². The number of nitrogens with zero attached hydrogens (tertiary/aromatic N) is 1. The number of piperidine rings is 1. The Labute approximate surface area is 118 Å². The van der Waals surface area contributed by atoms with Crippen molar-refractivity contribution in [2.45, 2.75) is 26.7 Å². The standard InChI is InChI=1S/C16H18N2O2/c1-16(2)12-13(16)15(20)18(14(12)19)10-5-6-11-9(8-10)4-3-7-17-11/h5-6,8,12-13,17H,3-4,7H2,1-2H3. The molecule has 1 aliphatic carbocycles. The highest BCUT2D eigenvalue weighted by atomic mass is 16.2. The van der Waals surface area contributed by atoms with Gasteiger partial charge < -0.3 is 5.32 Å². The van der Waals surface area contributed by atoms with Crippen LogP contribution in [0.3, 0.4) is 0 Å². The summed E-state index contributed by atoms with van der Waals surface area (Å²) in [5, 5.41) is 3.35. The van der Waals surface area contributed by atoms with Crippen LogP contribution in [-0.2, 0) is 16.0 Å². The highest BCUT2D eigenvalue weighted by Gasteiger charge is 2.72. The first-order valence-electron chi connectivity index (χ1n) is 7.26. The Hall–Kier alpha value is -1.84. The number of carbonyl (C=O) groups is 2. The average molecular weight is 270 g/mol. The number of nitrogens with one attached hydrogen (secondary N) is 1. The summed E-state index contributed by atoms with van der Waals surface area (Å²) in [4.78, 5) is 26.3. The van der Waals surface area contributed by atoms with E-state index in [2.05, 4.69) is 5.32 Å². The van der Waals surface area contributed by atoms with Crippen LogP contribution in [0, 0.1) is 17.3 Å². The van der Waals surface area contributed by atoms with Crippen LogP contribution in [0.4, 0.5) is 11.4 Å². The molecule has 1 aromatic carbocycles. The van der Waals surface area contributed by atoms with Crippen molar-refractivity contribution in [3.63, 3.8) is 0 Å². The van der Waals surface area contributed by atoms with Gasteiger partial charge >= 0.3 is 0 Å². The zero-order valence-corrected chi connectivity index (χ0v) is 11.8. The van der Waals surface area contributed by atoms with Crippen LogP contribution in [0.25, 0.3) is 0 Å². The van der Waals surface area contributed by atoms with Gasteiger partial charge in [0.15, 0.2) is 0 Å². The van der Waals surface area contributed by atoms with Crippen molar-refractivity contribution in [1.82, 2.24) is 0 Å². The molecule has 1 aromatic rings. The van der Waals surface area contributed by atoms with Gasteiger partial charge in [-0.3, -0.25) is 14.5 Å². The van der Waals surface area contributed by atoms with Crippen molar-refractivity contribution >= 4 is 23.2 Å². The molecular weight excluding hydrogens is 252 g/mol. The Morgan fingerprint density at radius 3 is 2.60 bits per heavy atom. The number of amides is 2. The van der Waals surface area contributed by atoms with Crippen molar-refractivity contribution in [1.29, 1.82) is 0 Å². The maximum Gasteiger partial charge on any atom is 0.238 e. The lowest BCUT2D eigenvalue weighted by molar-refractivity contribution is -0.125. The Morgan fingerprint density at radius 2 is 1.90 bits per heavy atom. The number of hydrogen-bond donors (Lipinski definition) is 1. The number of anilines is 2. The number of imide groups is 1. The molecule has 2 unspecified atom stereocenters. The van der Waals surface area contributed by atoms with E-state index in [-0.39, 0.29) is 29.1 Å². The number of aryl methyl sites for hydroxylation is 1. The summed E-state index contributed by atoms with van der Waals surface area (Å²) in [5.74, 6) is -0.254. The second-order valence-corrected chi connectivity index (χ2v) is 6.66. The lowest BCUT2D eigenvalue weighted by atomic mass is 10.0. The maximum atomic E-state index is 12.4. The quantitative estimate of drug-likeness (QED) is 0.796. The SMILES string of the molecule is CC1(C)C2C(=O)N(c3ccc4c(c3)CCCN4)C(=O)C21. The van der Waals surface area contributed by atoms with Crippen LogP contribution in [-0.4, -0.2) is 18.4 Å². The maximum absolute atomic E-state index is 12.4. The highest BCUT2D eigenvalue weighted by molar-refractivity contribution is 6.25. The van der Waals surface area contributed by atoms with Gasteiger partial charge in [0.05, 0.1) is 17.5 Å². The fourth-order valence-electron chi connectivity index (χ4n) is 3.80. The van der Waals surface area contributed by atoms with E-state index in [1.54, 1.807) is 0 Å². The molecule has 3 aliphatic rings. The molecule has 1 saturated heterocycles. The number of hydrogen-bond acceptors (Lipinski definition) is 3. The first-order chi connectivity index (χ1) is 9.51. The highest BCUT2D eigenvalue weighted by Crippen LogP contribution is 2.63. The van der Waals surface area contributed by atoms with Gasteiger partial charge in [0.2, 0.25) is 11.8 Å². The molecule has 4 heteroatoms. The molecular formula is C16H18N2O2. The zero-order valence-electron chi connectivity index (χ0n) is 11.8. The molecule has 20 heavy (non-hydrogen) atoms. The summed E-state index contributed by atoms with van der Waals surface area (Å²) < 4.78 is 0. The van der Waals surface area contributed by atoms with Gasteiger partial charge in [0.25, 0.3) is 0 Å². The normalized spacial score (nSPS) is 29.8. The Balaban J connectivity index is 1.69. The van der Waals surface area contributed by atoms with E-state index in [0.29, 0.717) is 0 Å².